The normalized spacial score (nSPS) is 24.1. The number of nitrogens with two attached hydrogens (primary N) is 1. The number of nitrogens with one attached hydrogen (secondary N) is 1. The minimum atomic E-state index is -0.286. The molecule has 2 heterocycles. The largest absolute Gasteiger partial charge is 0.383 e. The standard InChI is InChI=1S/C13H20N4O/c1-13(12(18)15-2)5-7-17(9-13)8-10-4-3-6-16-11(10)14/h3-4,6H,5,7-9H2,1-2H3,(H2,14,16)(H,15,18). The lowest BCUT2D eigenvalue weighted by atomic mass is 9.89. The van der Waals surface area contributed by atoms with Gasteiger partial charge in [-0.15, -0.1) is 0 Å². The summed E-state index contributed by atoms with van der Waals surface area (Å²) in [5.74, 6) is 0.690. The summed E-state index contributed by atoms with van der Waals surface area (Å²) < 4.78 is 0. The van der Waals surface area contributed by atoms with Crippen molar-refractivity contribution in [3.8, 4) is 0 Å². The number of anilines is 1. The zero-order chi connectivity index (χ0) is 13.2. The van der Waals surface area contributed by atoms with E-state index >= 15 is 0 Å². The second-order valence-electron chi connectivity index (χ2n) is 5.15. The Morgan fingerprint density at radius 1 is 1.67 bits per heavy atom. The molecule has 0 aliphatic carbocycles. The van der Waals surface area contributed by atoms with E-state index in [1.165, 1.54) is 0 Å². The monoisotopic (exact) mass is 248 g/mol. The van der Waals surface area contributed by atoms with Crippen molar-refractivity contribution >= 4 is 11.7 Å². The molecule has 0 saturated carbocycles. The number of hydrogen-bond acceptors (Lipinski definition) is 4. The zero-order valence-electron chi connectivity index (χ0n) is 10.9. The quantitative estimate of drug-likeness (QED) is 0.822. The maximum atomic E-state index is 11.8. The summed E-state index contributed by atoms with van der Waals surface area (Å²) in [7, 11) is 1.69. The number of aromatic nitrogens is 1. The van der Waals surface area contributed by atoms with Gasteiger partial charge < -0.3 is 11.1 Å². The molecule has 1 atom stereocenters. The molecular weight excluding hydrogens is 228 g/mol. The highest BCUT2D eigenvalue weighted by Gasteiger charge is 2.39. The number of carbonyl (C=O) groups excluding carboxylic acids is 1. The van der Waals surface area contributed by atoms with E-state index in [1.54, 1.807) is 13.2 Å². The summed E-state index contributed by atoms with van der Waals surface area (Å²) >= 11 is 0. The summed E-state index contributed by atoms with van der Waals surface area (Å²) in [5.41, 5.74) is 6.58. The van der Waals surface area contributed by atoms with Gasteiger partial charge in [-0.25, -0.2) is 4.98 Å². The van der Waals surface area contributed by atoms with E-state index in [-0.39, 0.29) is 11.3 Å². The number of pyridine rings is 1. The Morgan fingerprint density at radius 3 is 3.11 bits per heavy atom. The van der Waals surface area contributed by atoms with Crippen molar-refractivity contribution in [1.82, 2.24) is 15.2 Å². The molecule has 0 radical (unpaired) electrons. The molecular formula is C13H20N4O. The smallest absolute Gasteiger partial charge is 0.227 e. The molecule has 1 saturated heterocycles. The molecule has 0 bridgehead atoms. The van der Waals surface area contributed by atoms with Crippen molar-refractivity contribution < 1.29 is 4.79 Å². The molecule has 1 aliphatic heterocycles. The first-order chi connectivity index (χ1) is 8.55. The van der Waals surface area contributed by atoms with Crippen LogP contribution in [0.1, 0.15) is 18.9 Å². The Hall–Kier alpha value is -1.62. The number of carbonyl (C=O) groups is 1. The van der Waals surface area contributed by atoms with E-state index in [0.717, 1.165) is 31.6 Å². The highest BCUT2D eigenvalue weighted by atomic mass is 16.2. The molecule has 2 rings (SSSR count). The topological polar surface area (TPSA) is 71.2 Å². The molecule has 1 amide bonds. The lowest BCUT2D eigenvalue weighted by Crippen LogP contribution is -2.39. The molecule has 3 N–H and O–H groups in total. The Balaban J connectivity index is 2.02. The predicted molar refractivity (Wildman–Crippen MR) is 70.7 cm³/mol. The van der Waals surface area contributed by atoms with E-state index in [2.05, 4.69) is 15.2 Å². The van der Waals surface area contributed by atoms with Gasteiger partial charge in [0, 0.05) is 31.9 Å². The Labute approximate surface area is 107 Å². The van der Waals surface area contributed by atoms with Crippen LogP contribution < -0.4 is 11.1 Å². The van der Waals surface area contributed by atoms with Crippen molar-refractivity contribution in [2.45, 2.75) is 19.9 Å². The van der Waals surface area contributed by atoms with Crippen LogP contribution in [0.4, 0.5) is 5.82 Å². The van der Waals surface area contributed by atoms with Crippen molar-refractivity contribution in [1.29, 1.82) is 0 Å². The van der Waals surface area contributed by atoms with Gasteiger partial charge in [-0.05, 0) is 26.0 Å². The predicted octanol–water partition coefficient (Wildman–Crippen LogP) is 0.622. The van der Waals surface area contributed by atoms with E-state index < -0.39 is 0 Å². The van der Waals surface area contributed by atoms with Crippen LogP contribution in [0.5, 0.6) is 0 Å². The van der Waals surface area contributed by atoms with Crippen molar-refractivity contribution in [2.24, 2.45) is 5.41 Å². The summed E-state index contributed by atoms with van der Waals surface area (Å²) in [6, 6.07) is 3.87. The number of nitrogens with zero attached hydrogens (tertiary/aromatic N) is 2. The van der Waals surface area contributed by atoms with Crippen LogP contribution in [0.25, 0.3) is 0 Å². The SMILES string of the molecule is CNC(=O)C1(C)CCN(Cc2cccnc2N)C1. The van der Waals surface area contributed by atoms with Gasteiger partial charge in [-0.3, -0.25) is 9.69 Å². The van der Waals surface area contributed by atoms with Gasteiger partial charge in [-0.1, -0.05) is 6.07 Å². The number of amides is 1. The van der Waals surface area contributed by atoms with Crippen LogP contribution >= 0.6 is 0 Å². The van der Waals surface area contributed by atoms with Crippen molar-refractivity contribution in [2.75, 3.05) is 25.9 Å². The van der Waals surface area contributed by atoms with E-state index in [1.807, 2.05) is 19.1 Å². The molecule has 5 heteroatoms. The molecule has 5 nitrogen and oxygen atoms in total. The molecule has 1 aromatic rings. The third-order valence-electron chi connectivity index (χ3n) is 3.65. The fourth-order valence-corrected chi connectivity index (χ4v) is 2.50. The molecule has 98 valence electrons. The van der Waals surface area contributed by atoms with E-state index in [9.17, 15) is 4.79 Å². The van der Waals surface area contributed by atoms with Crippen LogP contribution in [-0.4, -0.2) is 35.9 Å². The van der Waals surface area contributed by atoms with Crippen LogP contribution in [-0.2, 0) is 11.3 Å². The Kier molecular flexibility index (Phi) is 3.52. The first-order valence-corrected chi connectivity index (χ1v) is 6.19. The zero-order valence-corrected chi connectivity index (χ0v) is 10.9. The molecule has 0 aromatic carbocycles. The van der Waals surface area contributed by atoms with Crippen LogP contribution in [0.2, 0.25) is 0 Å². The molecule has 0 spiro atoms. The molecule has 1 unspecified atom stereocenters. The van der Waals surface area contributed by atoms with Crippen LogP contribution in [0.3, 0.4) is 0 Å². The van der Waals surface area contributed by atoms with Crippen molar-refractivity contribution in [3.63, 3.8) is 0 Å². The first-order valence-electron chi connectivity index (χ1n) is 6.19. The van der Waals surface area contributed by atoms with Crippen molar-refractivity contribution in [3.05, 3.63) is 23.9 Å². The number of rotatable bonds is 3. The average Bonchev–Trinajstić information content (AvgIpc) is 2.74. The fraction of sp³-hybridized carbons (Fsp3) is 0.538. The number of hydrogen-bond donors (Lipinski definition) is 2. The molecule has 1 aliphatic rings. The Bertz CT molecular complexity index is 448. The molecule has 1 aromatic heterocycles. The minimum Gasteiger partial charge on any atom is -0.383 e. The van der Waals surface area contributed by atoms with Gasteiger partial charge in [0.25, 0.3) is 0 Å². The third kappa shape index (κ3) is 2.46. The fourth-order valence-electron chi connectivity index (χ4n) is 2.50. The van der Waals surface area contributed by atoms with Gasteiger partial charge in [0.05, 0.1) is 5.41 Å². The van der Waals surface area contributed by atoms with Gasteiger partial charge >= 0.3 is 0 Å². The molecule has 18 heavy (non-hydrogen) atoms. The summed E-state index contributed by atoms with van der Waals surface area (Å²) in [5, 5.41) is 2.74. The number of likely N-dealkylation sites (tertiary alicyclic amines) is 1. The summed E-state index contributed by atoms with van der Waals surface area (Å²) in [6.45, 7) is 4.45. The Morgan fingerprint density at radius 2 is 2.44 bits per heavy atom. The maximum absolute atomic E-state index is 11.8. The van der Waals surface area contributed by atoms with Gasteiger partial charge in [0.2, 0.25) is 5.91 Å². The maximum Gasteiger partial charge on any atom is 0.227 e. The summed E-state index contributed by atoms with van der Waals surface area (Å²) in [6.07, 6.45) is 2.57. The van der Waals surface area contributed by atoms with Crippen LogP contribution in [0.15, 0.2) is 18.3 Å². The summed E-state index contributed by atoms with van der Waals surface area (Å²) in [4.78, 5) is 18.2. The van der Waals surface area contributed by atoms with Gasteiger partial charge in [0.15, 0.2) is 0 Å². The highest BCUT2D eigenvalue weighted by molar-refractivity contribution is 5.82. The minimum absolute atomic E-state index is 0.115. The van der Waals surface area contributed by atoms with Gasteiger partial charge in [-0.2, -0.15) is 0 Å². The molecule has 1 fully saturated rings. The van der Waals surface area contributed by atoms with E-state index in [0.29, 0.717) is 5.82 Å². The second kappa shape index (κ2) is 4.94. The first kappa shape index (κ1) is 12.8. The van der Waals surface area contributed by atoms with E-state index in [4.69, 9.17) is 5.73 Å². The lowest BCUT2D eigenvalue weighted by molar-refractivity contribution is -0.129. The average molecular weight is 248 g/mol. The third-order valence-corrected chi connectivity index (χ3v) is 3.65. The lowest BCUT2D eigenvalue weighted by Gasteiger charge is -2.23. The highest BCUT2D eigenvalue weighted by Crippen LogP contribution is 2.31. The van der Waals surface area contributed by atoms with Gasteiger partial charge in [0.1, 0.15) is 5.82 Å². The number of nitrogen functional groups attached to an aromatic ring is 1. The second-order valence-corrected chi connectivity index (χ2v) is 5.15. The van der Waals surface area contributed by atoms with Crippen LogP contribution in [0, 0.1) is 5.41 Å².